The van der Waals surface area contributed by atoms with E-state index in [1.54, 1.807) is 13.8 Å². The predicted octanol–water partition coefficient (Wildman–Crippen LogP) is 2.07. The highest BCUT2D eigenvalue weighted by Gasteiger charge is 2.46. The highest BCUT2D eigenvalue weighted by atomic mass is 32.2. The van der Waals surface area contributed by atoms with Gasteiger partial charge in [0, 0.05) is 18.4 Å². The van der Waals surface area contributed by atoms with Crippen molar-refractivity contribution in [3.63, 3.8) is 0 Å². The summed E-state index contributed by atoms with van der Waals surface area (Å²) in [6, 6.07) is 3.57. The van der Waals surface area contributed by atoms with Gasteiger partial charge in [0.1, 0.15) is 5.82 Å². The number of carbonyl (C=O) groups is 3. The van der Waals surface area contributed by atoms with E-state index in [9.17, 15) is 27.2 Å². The Balaban J connectivity index is 1.86. The molecule has 1 saturated heterocycles. The van der Waals surface area contributed by atoms with Gasteiger partial charge in [0.15, 0.2) is 9.84 Å². The molecule has 2 heterocycles. The molecule has 1 aromatic heterocycles. The lowest BCUT2D eigenvalue weighted by molar-refractivity contribution is -0.118. The molecule has 1 aliphatic heterocycles. The van der Waals surface area contributed by atoms with Crippen LogP contribution in [0, 0.1) is 26.2 Å². The lowest BCUT2D eigenvalue weighted by Gasteiger charge is -2.38. The Bertz CT molecular complexity index is 1310. The molecule has 0 spiro atoms. The summed E-state index contributed by atoms with van der Waals surface area (Å²) in [5.74, 6) is -3.65. The summed E-state index contributed by atoms with van der Waals surface area (Å²) in [4.78, 5) is 41.3. The molecule has 0 radical (unpaired) electrons. The van der Waals surface area contributed by atoms with Gasteiger partial charge in [-0.2, -0.15) is 0 Å². The molecule has 2 amide bonds. The first kappa shape index (κ1) is 23.1. The van der Waals surface area contributed by atoms with Gasteiger partial charge in [-0.3, -0.25) is 14.4 Å². The highest BCUT2D eigenvalue weighted by Crippen LogP contribution is 2.27. The fraction of sp³-hybridized carbons (Fsp3) is 0.333. The Hall–Kier alpha value is -3.52. The maximum atomic E-state index is 13.5. The molecule has 1 aliphatic rings. The minimum absolute atomic E-state index is 0.00289. The third kappa shape index (κ3) is 4.13. The van der Waals surface area contributed by atoms with Crippen LogP contribution in [-0.2, 0) is 21.7 Å². The number of halogens is 1. The molecule has 1 aromatic carbocycles. The lowest BCUT2D eigenvalue weighted by Crippen LogP contribution is -2.64. The molecule has 11 heteroatoms. The summed E-state index contributed by atoms with van der Waals surface area (Å²) < 4.78 is 37.8. The molecule has 1 fully saturated rings. The minimum Gasteiger partial charge on any atom is -0.344 e. The maximum Gasteiger partial charge on any atom is 0.294 e. The normalized spacial score (nSPS) is 15.9. The number of sulfone groups is 1. The largest absolute Gasteiger partial charge is 0.344 e. The van der Waals surface area contributed by atoms with E-state index in [-0.39, 0.29) is 39.7 Å². The second kappa shape index (κ2) is 7.87. The zero-order valence-corrected chi connectivity index (χ0v) is 18.7. The van der Waals surface area contributed by atoms with E-state index in [2.05, 4.69) is 15.5 Å². The van der Waals surface area contributed by atoms with Crippen molar-refractivity contribution in [2.45, 2.75) is 26.3 Å². The molecule has 0 bridgehead atoms. The molecule has 0 unspecified atom stereocenters. The van der Waals surface area contributed by atoms with E-state index in [0.717, 1.165) is 6.07 Å². The van der Waals surface area contributed by atoms with Gasteiger partial charge in [0.2, 0.25) is 5.69 Å². The summed E-state index contributed by atoms with van der Waals surface area (Å²) in [5, 5.41) is 5.05. The molecule has 2 aromatic rings. The van der Waals surface area contributed by atoms with Crippen molar-refractivity contribution < 1.29 is 27.2 Å². The molecule has 0 aliphatic carbocycles. The summed E-state index contributed by atoms with van der Waals surface area (Å²) >= 11 is 0. The number of carbonyl (C=O) groups excluding carboxylic acids is 3. The van der Waals surface area contributed by atoms with Crippen LogP contribution in [0.2, 0.25) is 0 Å². The summed E-state index contributed by atoms with van der Waals surface area (Å²) in [7, 11) is -1.69. The molecule has 2 N–H and O–H groups in total. The monoisotopic (exact) mass is 460 g/mol. The SMILES string of the molecule is [C-]#[N+]c1cc(NC(=O)c2c(C)c(C(=O)C(=O)NC3(C)CS(=O)(=O)C3)n(C)c2C)ccc1F. The van der Waals surface area contributed by atoms with Crippen molar-refractivity contribution in [3.05, 3.63) is 57.9 Å². The first-order valence-electron chi connectivity index (χ1n) is 9.50. The maximum absolute atomic E-state index is 13.5. The first-order chi connectivity index (χ1) is 14.8. The van der Waals surface area contributed by atoms with Crippen LogP contribution in [0.1, 0.15) is 39.0 Å². The van der Waals surface area contributed by atoms with Crippen LogP contribution in [0.5, 0.6) is 0 Å². The summed E-state index contributed by atoms with van der Waals surface area (Å²) in [6.07, 6.45) is 0. The van der Waals surface area contributed by atoms with Crippen molar-refractivity contribution in [3.8, 4) is 0 Å². The number of ketones is 1. The van der Waals surface area contributed by atoms with Crippen LogP contribution in [-0.4, -0.2) is 47.6 Å². The third-order valence-electron chi connectivity index (χ3n) is 5.40. The number of rotatable bonds is 5. The molecule has 3 rings (SSSR count). The summed E-state index contributed by atoms with van der Waals surface area (Å²) in [6.45, 7) is 11.6. The molecular weight excluding hydrogens is 439 g/mol. The Morgan fingerprint density at radius 1 is 1.22 bits per heavy atom. The van der Waals surface area contributed by atoms with Crippen molar-refractivity contribution in [2.75, 3.05) is 16.8 Å². The van der Waals surface area contributed by atoms with Crippen LogP contribution in [0.4, 0.5) is 15.8 Å². The Morgan fingerprint density at radius 3 is 2.41 bits per heavy atom. The zero-order valence-electron chi connectivity index (χ0n) is 17.9. The standard InChI is InChI=1S/C21H21FN4O5S/c1-11-16(19(28)24-13-6-7-14(22)15(8-13)23-4)12(2)26(5)17(11)18(27)20(29)25-21(3)9-32(30,31)10-21/h6-8H,9-10H2,1-3,5H3,(H,24,28)(H,25,29). The predicted molar refractivity (Wildman–Crippen MR) is 115 cm³/mol. The van der Waals surface area contributed by atoms with E-state index in [1.165, 1.54) is 30.7 Å². The number of benzene rings is 1. The van der Waals surface area contributed by atoms with Crippen molar-refractivity contribution in [2.24, 2.45) is 7.05 Å². The van der Waals surface area contributed by atoms with Crippen molar-refractivity contribution >= 4 is 38.8 Å². The Kier molecular flexibility index (Phi) is 5.69. The number of hydrogen-bond acceptors (Lipinski definition) is 5. The van der Waals surface area contributed by atoms with Gasteiger partial charge in [-0.1, -0.05) is 0 Å². The number of anilines is 1. The zero-order chi connectivity index (χ0) is 24.0. The molecular formula is C21H21FN4O5S. The van der Waals surface area contributed by atoms with Gasteiger partial charge < -0.3 is 15.2 Å². The molecule has 168 valence electrons. The molecule has 32 heavy (non-hydrogen) atoms. The number of nitrogens with zero attached hydrogens (tertiary/aromatic N) is 2. The highest BCUT2D eigenvalue weighted by molar-refractivity contribution is 7.93. The lowest BCUT2D eigenvalue weighted by atomic mass is 10.0. The fourth-order valence-corrected chi connectivity index (χ4v) is 5.94. The van der Waals surface area contributed by atoms with Crippen LogP contribution in [0.3, 0.4) is 0 Å². The number of Topliss-reactive ketones (excluding diaryl/α,β-unsaturated/α-hetero) is 1. The molecule has 0 atom stereocenters. The summed E-state index contributed by atoms with van der Waals surface area (Å²) in [5.41, 5.74) is -0.212. The topological polar surface area (TPSA) is 119 Å². The quantitative estimate of drug-likeness (QED) is 0.402. The van der Waals surface area contributed by atoms with Crippen molar-refractivity contribution in [1.82, 2.24) is 9.88 Å². The average molecular weight is 460 g/mol. The Labute approximate surface area is 184 Å². The minimum atomic E-state index is -3.22. The van der Waals surface area contributed by atoms with Gasteiger partial charge in [0.05, 0.1) is 34.9 Å². The van der Waals surface area contributed by atoms with Crippen LogP contribution in [0.25, 0.3) is 4.85 Å². The van der Waals surface area contributed by atoms with Gasteiger partial charge >= 0.3 is 0 Å². The van der Waals surface area contributed by atoms with Gasteiger partial charge in [-0.25, -0.2) is 17.7 Å². The number of aromatic nitrogens is 1. The molecule has 9 nitrogen and oxygen atoms in total. The van der Waals surface area contributed by atoms with E-state index in [0.29, 0.717) is 5.69 Å². The fourth-order valence-electron chi connectivity index (χ4n) is 3.94. The van der Waals surface area contributed by atoms with Gasteiger partial charge in [-0.15, -0.1) is 0 Å². The number of amides is 2. The van der Waals surface area contributed by atoms with Gasteiger partial charge in [-0.05, 0) is 44.5 Å². The van der Waals surface area contributed by atoms with Crippen LogP contribution >= 0.6 is 0 Å². The van der Waals surface area contributed by atoms with E-state index >= 15 is 0 Å². The number of nitrogens with one attached hydrogen (secondary N) is 2. The van der Waals surface area contributed by atoms with Crippen molar-refractivity contribution in [1.29, 1.82) is 0 Å². The van der Waals surface area contributed by atoms with E-state index in [4.69, 9.17) is 6.57 Å². The van der Waals surface area contributed by atoms with E-state index < -0.39 is 38.8 Å². The van der Waals surface area contributed by atoms with Crippen LogP contribution in [0.15, 0.2) is 18.2 Å². The third-order valence-corrected chi connectivity index (χ3v) is 7.55. The second-order valence-corrected chi connectivity index (χ2v) is 10.2. The van der Waals surface area contributed by atoms with Crippen LogP contribution < -0.4 is 10.6 Å². The number of hydrogen-bond donors (Lipinski definition) is 2. The Morgan fingerprint density at radius 2 is 1.84 bits per heavy atom. The van der Waals surface area contributed by atoms with Gasteiger partial charge in [0.25, 0.3) is 17.6 Å². The average Bonchev–Trinajstić information content (AvgIpc) is 2.89. The molecule has 0 saturated carbocycles. The van der Waals surface area contributed by atoms with E-state index in [1.807, 2.05) is 0 Å². The second-order valence-electron chi connectivity index (χ2n) is 8.10. The first-order valence-corrected chi connectivity index (χ1v) is 11.3. The smallest absolute Gasteiger partial charge is 0.294 e.